The molecule has 0 amide bonds. The number of hydrogen-bond acceptors (Lipinski definition) is 1. The first-order valence-corrected chi connectivity index (χ1v) is 5.30. The standard InChI is InChI=1S/C13H15F2N/c1-3-5-12(4-2)16-9-10-6-7-11(14)8-13(10)15/h2,6-8,12,16H,3,5,9H2,1H3. The Morgan fingerprint density at radius 3 is 2.75 bits per heavy atom. The molecule has 0 heterocycles. The predicted molar refractivity (Wildman–Crippen MR) is 60.7 cm³/mol. The smallest absolute Gasteiger partial charge is 0.130 e. The third-order valence-corrected chi connectivity index (χ3v) is 2.33. The van der Waals surface area contributed by atoms with Crippen molar-refractivity contribution < 1.29 is 8.78 Å². The Bertz CT molecular complexity index is 382. The van der Waals surface area contributed by atoms with E-state index in [2.05, 4.69) is 11.2 Å². The Hall–Kier alpha value is -1.40. The van der Waals surface area contributed by atoms with Crippen molar-refractivity contribution >= 4 is 0 Å². The molecule has 1 atom stereocenters. The predicted octanol–water partition coefficient (Wildman–Crippen LogP) is 2.86. The maximum atomic E-state index is 13.3. The van der Waals surface area contributed by atoms with Gasteiger partial charge in [-0.05, 0) is 12.5 Å². The van der Waals surface area contributed by atoms with Crippen molar-refractivity contribution in [1.82, 2.24) is 5.32 Å². The van der Waals surface area contributed by atoms with E-state index in [1.54, 1.807) is 0 Å². The van der Waals surface area contributed by atoms with E-state index in [0.717, 1.165) is 18.9 Å². The van der Waals surface area contributed by atoms with E-state index in [1.165, 1.54) is 12.1 Å². The molecule has 16 heavy (non-hydrogen) atoms. The van der Waals surface area contributed by atoms with Crippen molar-refractivity contribution in [2.45, 2.75) is 32.4 Å². The number of rotatable bonds is 5. The molecule has 0 aromatic heterocycles. The maximum Gasteiger partial charge on any atom is 0.130 e. The van der Waals surface area contributed by atoms with Crippen LogP contribution in [0.4, 0.5) is 8.78 Å². The Morgan fingerprint density at radius 1 is 1.44 bits per heavy atom. The molecule has 1 N–H and O–H groups in total. The van der Waals surface area contributed by atoms with Crippen molar-refractivity contribution in [2.75, 3.05) is 0 Å². The van der Waals surface area contributed by atoms with Crippen LogP contribution in [0.2, 0.25) is 0 Å². The van der Waals surface area contributed by atoms with Crippen LogP contribution >= 0.6 is 0 Å². The van der Waals surface area contributed by atoms with Crippen LogP contribution < -0.4 is 5.32 Å². The lowest BCUT2D eigenvalue weighted by Gasteiger charge is -2.12. The fraction of sp³-hybridized carbons (Fsp3) is 0.385. The summed E-state index contributed by atoms with van der Waals surface area (Å²) in [7, 11) is 0. The minimum Gasteiger partial charge on any atom is -0.299 e. The van der Waals surface area contributed by atoms with E-state index in [-0.39, 0.29) is 6.04 Å². The molecule has 1 rings (SSSR count). The first-order valence-electron chi connectivity index (χ1n) is 5.30. The lowest BCUT2D eigenvalue weighted by atomic mass is 10.1. The first kappa shape index (κ1) is 12.7. The first-order chi connectivity index (χ1) is 7.67. The Kier molecular flexibility index (Phi) is 4.94. The summed E-state index contributed by atoms with van der Waals surface area (Å²) in [6, 6.07) is 3.48. The number of nitrogens with one attached hydrogen (secondary N) is 1. The summed E-state index contributed by atoms with van der Waals surface area (Å²) in [5.41, 5.74) is 0.428. The SMILES string of the molecule is C#CC(CCC)NCc1ccc(F)cc1F. The summed E-state index contributed by atoms with van der Waals surface area (Å²) < 4.78 is 25.9. The number of benzene rings is 1. The lowest BCUT2D eigenvalue weighted by molar-refractivity contribution is 0.531. The molecular weight excluding hydrogens is 208 g/mol. The highest BCUT2D eigenvalue weighted by atomic mass is 19.1. The summed E-state index contributed by atoms with van der Waals surface area (Å²) in [5, 5.41) is 3.05. The van der Waals surface area contributed by atoms with E-state index in [0.29, 0.717) is 12.1 Å². The van der Waals surface area contributed by atoms with E-state index < -0.39 is 11.6 Å². The van der Waals surface area contributed by atoms with Gasteiger partial charge in [0.25, 0.3) is 0 Å². The summed E-state index contributed by atoms with van der Waals surface area (Å²) in [5.74, 6) is 1.49. The molecule has 0 fully saturated rings. The van der Waals surface area contributed by atoms with Crippen LogP contribution in [0.25, 0.3) is 0 Å². The molecule has 0 bridgehead atoms. The molecule has 3 heteroatoms. The van der Waals surface area contributed by atoms with Crippen LogP contribution in [0.5, 0.6) is 0 Å². The van der Waals surface area contributed by atoms with E-state index in [4.69, 9.17) is 6.42 Å². The quantitative estimate of drug-likeness (QED) is 0.757. The molecule has 0 spiro atoms. The van der Waals surface area contributed by atoms with Gasteiger partial charge >= 0.3 is 0 Å². The molecular formula is C13H15F2N. The number of halogens is 2. The van der Waals surface area contributed by atoms with E-state index in [1.807, 2.05) is 6.92 Å². The molecule has 1 aromatic rings. The van der Waals surface area contributed by atoms with Gasteiger partial charge in [0.05, 0.1) is 6.04 Å². The fourth-order valence-corrected chi connectivity index (χ4v) is 1.43. The maximum absolute atomic E-state index is 13.3. The molecule has 0 aliphatic carbocycles. The average molecular weight is 223 g/mol. The van der Waals surface area contributed by atoms with Crippen molar-refractivity contribution in [2.24, 2.45) is 0 Å². The van der Waals surface area contributed by atoms with E-state index >= 15 is 0 Å². The van der Waals surface area contributed by atoms with Gasteiger partial charge < -0.3 is 0 Å². The van der Waals surface area contributed by atoms with Gasteiger partial charge in [0.2, 0.25) is 0 Å². The molecule has 1 aromatic carbocycles. The highest BCUT2D eigenvalue weighted by molar-refractivity contribution is 5.18. The zero-order valence-electron chi connectivity index (χ0n) is 9.26. The highest BCUT2D eigenvalue weighted by Crippen LogP contribution is 2.09. The molecule has 0 saturated carbocycles. The van der Waals surface area contributed by atoms with Crippen LogP contribution in [-0.4, -0.2) is 6.04 Å². The lowest BCUT2D eigenvalue weighted by Crippen LogP contribution is -2.27. The Balaban J connectivity index is 2.57. The van der Waals surface area contributed by atoms with Gasteiger partial charge in [-0.25, -0.2) is 8.78 Å². The molecule has 0 saturated heterocycles. The largest absolute Gasteiger partial charge is 0.299 e. The van der Waals surface area contributed by atoms with Crippen molar-refractivity contribution in [1.29, 1.82) is 0 Å². The topological polar surface area (TPSA) is 12.0 Å². The van der Waals surface area contributed by atoms with E-state index in [9.17, 15) is 8.78 Å². The number of terminal acetylenes is 1. The monoisotopic (exact) mass is 223 g/mol. The second-order valence-corrected chi connectivity index (χ2v) is 3.62. The van der Waals surface area contributed by atoms with Crippen LogP contribution in [0, 0.1) is 24.0 Å². The van der Waals surface area contributed by atoms with Gasteiger partial charge in [0.1, 0.15) is 11.6 Å². The third-order valence-electron chi connectivity index (χ3n) is 2.33. The molecule has 1 unspecified atom stereocenters. The summed E-state index contributed by atoms with van der Waals surface area (Å²) in [4.78, 5) is 0. The average Bonchev–Trinajstić information content (AvgIpc) is 2.26. The minimum absolute atomic E-state index is 0.0607. The molecule has 0 aliphatic heterocycles. The minimum atomic E-state index is -0.566. The van der Waals surface area contributed by atoms with Gasteiger partial charge in [0, 0.05) is 18.2 Å². The van der Waals surface area contributed by atoms with Gasteiger partial charge in [-0.15, -0.1) is 6.42 Å². The summed E-state index contributed by atoms with van der Waals surface area (Å²) in [6.07, 6.45) is 7.13. The fourth-order valence-electron chi connectivity index (χ4n) is 1.43. The second kappa shape index (κ2) is 6.24. The van der Waals surface area contributed by atoms with Crippen LogP contribution in [-0.2, 0) is 6.54 Å². The van der Waals surface area contributed by atoms with Crippen molar-refractivity contribution in [3.05, 3.63) is 35.4 Å². The summed E-state index contributed by atoms with van der Waals surface area (Å²) in [6.45, 7) is 2.35. The zero-order chi connectivity index (χ0) is 12.0. The summed E-state index contributed by atoms with van der Waals surface area (Å²) >= 11 is 0. The van der Waals surface area contributed by atoms with Gasteiger partial charge in [-0.1, -0.05) is 25.3 Å². The molecule has 86 valence electrons. The number of hydrogen-bond donors (Lipinski definition) is 1. The molecule has 0 aliphatic rings. The van der Waals surface area contributed by atoms with Crippen molar-refractivity contribution in [3.63, 3.8) is 0 Å². The zero-order valence-corrected chi connectivity index (χ0v) is 9.26. The normalized spacial score (nSPS) is 12.1. The van der Waals surface area contributed by atoms with Gasteiger partial charge in [-0.2, -0.15) is 0 Å². The second-order valence-electron chi connectivity index (χ2n) is 3.62. The molecule has 1 nitrogen and oxygen atoms in total. The highest BCUT2D eigenvalue weighted by Gasteiger charge is 2.06. The molecule has 0 radical (unpaired) electrons. The van der Waals surface area contributed by atoms with Gasteiger partial charge in [-0.3, -0.25) is 5.32 Å². The van der Waals surface area contributed by atoms with Crippen LogP contribution in [0.3, 0.4) is 0 Å². The van der Waals surface area contributed by atoms with Gasteiger partial charge in [0.15, 0.2) is 0 Å². The Morgan fingerprint density at radius 2 is 2.19 bits per heavy atom. The van der Waals surface area contributed by atoms with Crippen molar-refractivity contribution in [3.8, 4) is 12.3 Å². The van der Waals surface area contributed by atoms with Crippen LogP contribution in [0.1, 0.15) is 25.3 Å². The Labute approximate surface area is 94.9 Å². The van der Waals surface area contributed by atoms with Crippen LogP contribution in [0.15, 0.2) is 18.2 Å². The third kappa shape index (κ3) is 3.63.